The molecule has 1 aliphatic rings. The summed E-state index contributed by atoms with van der Waals surface area (Å²) in [5, 5.41) is 20.7. The van der Waals surface area contributed by atoms with E-state index in [4.69, 9.17) is 0 Å². The maximum absolute atomic E-state index is 14.0. The van der Waals surface area contributed by atoms with Crippen molar-refractivity contribution >= 4 is 38.5 Å². The minimum atomic E-state index is -3.83. The minimum absolute atomic E-state index is 0.00746. The van der Waals surface area contributed by atoms with Crippen LogP contribution in [0.5, 0.6) is 0 Å². The van der Waals surface area contributed by atoms with Crippen molar-refractivity contribution in [2.75, 3.05) is 13.1 Å². The van der Waals surface area contributed by atoms with Gasteiger partial charge >= 0.3 is 0 Å². The molecule has 0 spiro atoms. The molecule has 5 atom stereocenters. The summed E-state index contributed by atoms with van der Waals surface area (Å²) >= 11 is 0. The van der Waals surface area contributed by atoms with Gasteiger partial charge in [-0.15, -0.1) is 0 Å². The monoisotopic (exact) mass is 742 g/mol. The second-order valence-electron chi connectivity index (χ2n) is 15.1. The van der Waals surface area contributed by atoms with E-state index in [2.05, 4.69) is 25.9 Å². The van der Waals surface area contributed by atoms with Gasteiger partial charge in [-0.05, 0) is 75.8 Å². The number of nitrogens with one attached hydrogen (secondary N) is 3. The van der Waals surface area contributed by atoms with Gasteiger partial charge in [0.1, 0.15) is 11.7 Å². The number of β-amino-alcohol motifs (C(OH)–C–C–N with tert-alkyl or cyclic N) is 1. The van der Waals surface area contributed by atoms with Crippen molar-refractivity contribution in [1.82, 2.24) is 30.8 Å². The quantitative estimate of drug-likeness (QED) is 0.160. The molecule has 0 radical (unpaired) electrons. The lowest BCUT2D eigenvalue weighted by molar-refractivity contribution is -0.130. The summed E-state index contributed by atoms with van der Waals surface area (Å²) in [5.41, 5.74) is 1.11. The summed E-state index contributed by atoms with van der Waals surface area (Å²) < 4.78 is 27.2. The summed E-state index contributed by atoms with van der Waals surface area (Å²) in [6.07, 6.45) is 0.762. The molecule has 4 aromatic rings. The topological polar surface area (TPSA) is 171 Å². The maximum Gasteiger partial charge on any atom is 0.270 e. The van der Waals surface area contributed by atoms with Crippen LogP contribution in [0.15, 0.2) is 96.2 Å². The van der Waals surface area contributed by atoms with Gasteiger partial charge in [-0.25, -0.2) is 18.4 Å². The molecule has 3 amide bonds. The predicted octanol–water partition coefficient (Wildman–Crippen LogP) is 3.69. The van der Waals surface area contributed by atoms with Crippen LogP contribution in [0.3, 0.4) is 0 Å². The number of sulfone groups is 1. The molecule has 4 unspecified atom stereocenters. The molecule has 0 saturated carbocycles. The Morgan fingerprint density at radius 2 is 1.62 bits per heavy atom. The van der Waals surface area contributed by atoms with Crippen LogP contribution in [0.1, 0.15) is 63.5 Å². The van der Waals surface area contributed by atoms with Crippen LogP contribution >= 0.6 is 0 Å². The van der Waals surface area contributed by atoms with E-state index in [1.807, 2.05) is 89.2 Å². The smallest absolute Gasteiger partial charge is 0.270 e. The first-order valence-electron chi connectivity index (χ1n) is 18.0. The standard InChI is InChI=1S/C40H50N6O6S/c1-26(2)36(44-37(48)31-19-18-28-15-9-10-16-30(28)42-31)39(50)43-32(23-27-13-7-6-8-14-27)34(47)25-46-22-20-29(24-33(46)38(49)45-40(3,4)5)53(51,52)35-17-11-12-21-41-35/h6-19,21,26,29,32-34,36,47H,20,22-25H2,1-5H3,(H,43,50)(H,44,48)(H,45,49)/t29?,32?,33?,34?,36-/m0/s1. The van der Waals surface area contributed by atoms with E-state index < -0.39 is 56.7 Å². The lowest BCUT2D eigenvalue weighted by Gasteiger charge is -2.41. The second kappa shape index (κ2) is 17.0. The molecular weight excluding hydrogens is 693 g/mol. The highest BCUT2D eigenvalue weighted by Gasteiger charge is 2.42. The van der Waals surface area contributed by atoms with Crippen molar-refractivity contribution < 1.29 is 27.9 Å². The van der Waals surface area contributed by atoms with Crippen LogP contribution in [0.2, 0.25) is 0 Å². The van der Waals surface area contributed by atoms with E-state index in [1.165, 1.54) is 12.3 Å². The van der Waals surface area contributed by atoms with Crippen LogP contribution in [-0.2, 0) is 25.8 Å². The number of hydrogen-bond acceptors (Lipinski definition) is 9. The molecule has 53 heavy (non-hydrogen) atoms. The number of carbonyl (C=O) groups is 3. The predicted molar refractivity (Wildman–Crippen MR) is 204 cm³/mol. The van der Waals surface area contributed by atoms with Crippen LogP contribution in [0.25, 0.3) is 10.9 Å². The Morgan fingerprint density at radius 1 is 0.925 bits per heavy atom. The number of likely N-dealkylation sites (tertiary alicyclic amines) is 1. The number of aliphatic hydroxyl groups is 1. The van der Waals surface area contributed by atoms with Gasteiger partial charge in [0, 0.05) is 30.2 Å². The molecule has 1 saturated heterocycles. The number of amides is 3. The summed E-state index contributed by atoms with van der Waals surface area (Å²) in [6, 6.07) is 22.4. The fourth-order valence-electron chi connectivity index (χ4n) is 6.63. The van der Waals surface area contributed by atoms with E-state index in [9.17, 15) is 27.9 Å². The van der Waals surface area contributed by atoms with Crippen LogP contribution in [-0.4, -0.2) is 94.2 Å². The summed E-state index contributed by atoms with van der Waals surface area (Å²) in [6.45, 7) is 9.38. The molecule has 13 heteroatoms. The molecule has 282 valence electrons. The van der Waals surface area contributed by atoms with Gasteiger partial charge in [0.15, 0.2) is 14.9 Å². The minimum Gasteiger partial charge on any atom is -0.390 e. The number of hydrogen-bond donors (Lipinski definition) is 4. The zero-order chi connectivity index (χ0) is 38.3. The fourth-order valence-corrected chi connectivity index (χ4v) is 8.30. The average Bonchev–Trinajstić information content (AvgIpc) is 3.13. The summed E-state index contributed by atoms with van der Waals surface area (Å²) in [4.78, 5) is 51.4. The zero-order valence-electron chi connectivity index (χ0n) is 30.9. The lowest BCUT2D eigenvalue weighted by Crippen LogP contribution is -2.60. The van der Waals surface area contributed by atoms with Gasteiger partial charge in [0.05, 0.1) is 29.0 Å². The highest BCUT2D eigenvalue weighted by Crippen LogP contribution is 2.28. The van der Waals surface area contributed by atoms with Crippen molar-refractivity contribution in [2.45, 2.75) is 93.9 Å². The van der Waals surface area contributed by atoms with Gasteiger partial charge in [-0.3, -0.25) is 19.3 Å². The molecule has 0 bridgehead atoms. The molecule has 1 fully saturated rings. The Bertz CT molecular complexity index is 1990. The Kier molecular flexibility index (Phi) is 12.6. The van der Waals surface area contributed by atoms with E-state index >= 15 is 0 Å². The van der Waals surface area contributed by atoms with Crippen LogP contribution in [0.4, 0.5) is 0 Å². The number of aliphatic hydroxyl groups excluding tert-OH is 1. The fraction of sp³-hybridized carbons (Fsp3) is 0.425. The number of carbonyl (C=O) groups excluding carboxylic acids is 3. The van der Waals surface area contributed by atoms with Gasteiger partial charge in [0.25, 0.3) is 5.91 Å². The molecule has 12 nitrogen and oxygen atoms in total. The number of fused-ring (bicyclic) bond motifs is 1. The number of pyridine rings is 2. The Morgan fingerprint density at radius 3 is 2.30 bits per heavy atom. The van der Waals surface area contributed by atoms with Crippen LogP contribution < -0.4 is 16.0 Å². The van der Waals surface area contributed by atoms with E-state index in [-0.39, 0.29) is 54.9 Å². The van der Waals surface area contributed by atoms with E-state index in [0.717, 1.165) is 10.9 Å². The first kappa shape index (κ1) is 39.5. The van der Waals surface area contributed by atoms with Crippen molar-refractivity contribution in [2.24, 2.45) is 5.92 Å². The van der Waals surface area contributed by atoms with Gasteiger partial charge < -0.3 is 21.1 Å². The Balaban J connectivity index is 1.36. The van der Waals surface area contributed by atoms with E-state index in [0.29, 0.717) is 5.52 Å². The van der Waals surface area contributed by atoms with E-state index in [1.54, 1.807) is 29.2 Å². The largest absolute Gasteiger partial charge is 0.390 e. The molecule has 2 aromatic heterocycles. The third-order valence-corrected chi connectivity index (χ3v) is 11.5. The second-order valence-corrected chi connectivity index (χ2v) is 17.2. The summed E-state index contributed by atoms with van der Waals surface area (Å²) in [5.74, 6) is -1.63. The molecule has 3 heterocycles. The number of rotatable bonds is 13. The third kappa shape index (κ3) is 10.2. The number of piperidine rings is 1. The van der Waals surface area contributed by atoms with Crippen molar-refractivity contribution in [3.63, 3.8) is 0 Å². The average molecular weight is 743 g/mol. The maximum atomic E-state index is 14.0. The number of para-hydroxylation sites is 1. The molecule has 1 aliphatic heterocycles. The van der Waals surface area contributed by atoms with Gasteiger partial charge in [-0.1, -0.05) is 74.5 Å². The normalized spacial score (nSPS) is 18.5. The number of benzene rings is 2. The zero-order valence-corrected chi connectivity index (χ0v) is 31.7. The Labute approximate surface area is 311 Å². The highest BCUT2D eigenvalue weighted by molar-refractivity contribution is 7.92. The van der Waals surface area contributed by atoms with Gasteiger partial charge in [0.2, 0.25) is 11.8 Å². The first-order chi connectivity index (χ1) is 25.1. The highest BCUT2D eigenvalue weighted by atomic mass is 32.2. The van der Waals surface area contributed by atoms with Crippen molar-refractivity contribution in [3.05, 3.63) is 102 Å². The first-order valence-corrected chi connectivity index (χ1v) is 19.6. The molecular formula is C40H50N6O6S. The Hall–Kier alpha value is -4.72. The molecule has 5 rings (SSSR count). The van der Waals surface area contributed by atoms with Crippen LogP contribution in [0, 0.1) is 5.92 Å². The number of aromatic nitrogens is 2. The summed E-state index contributed by atoms with van der Waals surface area (Å²) in [7, 11) is -3.83. The SMILES string of the molecule is CC(C)[C@H](NC(=O)c1ccc2ccccc2n1)C(=O)NC(Cc1ccccc1)C(O)CN1CCC(S(=O)(=O)c2ccccn2)CC1C(=O)NC(C)(C)C. The van der Waals surface area contributed by atoms with Gasteiger partial charge in [-0.2, -0.15) is 0 Å². The van der Waals surface area contributed by atoms with Crippen molar-refractivity contribution in [3.8, 4) is 0 Å². The molecule has 2 aromatic carbocycles. The molecule has 4 N–H and O–H groups in total. The third-order valence-electron chi connectivity index (χ3n) is 9.41. The van der Waals surface area contributed by atoms with Crippen molar-refractivity contribution in [1.29, 1.82) is 0 Å². The lowest BCUT2D eigenvalue weighted by atomic mass is 9.95. The number of nitrogens with zero attached hydrogens (tertiary/aromatic N) is 3. The molecule has 0 aliphatic carbocycles.